The Labute approximate surface area is 206 Å². The summed E-state index contributed by atoms with van der Waals surface area (Å²) < 4.78 is 32.6. The van der Waals surface area contributed by atoms with E-state index in [1.165, 1.54) is 49.8 Å². The van der Waals surface area contributed by atoms with Gasteiger partial charge in [0.15, 0.2) is 5.13 Å². The van der Waals surface area contributed by atoms with E-state index in [-0.39, 0.29) is 4.90 Å². The number of para-hydroxylation sites is 2. The van der Waals surface area contributed by atoms with Gasteiger partial charge in [-0.2, -0.15) is 0 Å². The number of thiazole rings is 1. The van der Waals surface area contributed by atoms with Crippen LogP contribution in [0, 0.1) is 0 Å². The van der Waals surface area contributed by atoms with Crippen LogP contribution in [0.3, 0.4) is 0 Å². The van der Waals surface area contributed by atoms with E-state index in [1.54, 1.807) is 35.7 Å². The minimum absolute atomic E-state index is 0.0488. The van der Waals surface area contributed by atoms with E-state index < -0.39 is 15.9 Å². The van der Waals surface area contributed by atoms with E-state index in [1.807, 2.05) is 18.2 Å². The molecule has 4 rings (SSSR count). The third-order valence-electron chi connectivity index (χ3n) is 5.07. The van der Waals surface area contributed by atoms with Gasteiger partial charge in [0, 0.05) is 28.6 Å². The van der Waals surface area contributed by atoms with Crippen molar-refractivity contribution in [2.24, 2.45) is 0 Å². The fourth-order valence-electron chi connectivity index (χ4n) is 3.25. The Morgan fingerprint density at radius 3 is 2.41 bits per heavy atom. The molecular weight excluding hydrogens is 494 g/mol. The van der Waals surface area contributed by atoms with Crippen LogP contribution in [-0.4, -0.2) is 33.5 Å². The second-order valence-electron chi connectivity index (χ2n) is 7.14. The molecule has 174 valence electrons. The number of halogens is 1. The predicted molar refractivity (Wildman–Crippen MR) is 136 cm³/mol. The first-order valence-electron chi connectivity index (χ1n) is 10.0. The number of methoxy groups -OCH3 is 1. The molecule has 0 aliphatic heterocycles. The van der Waals surface area contributed by atoms with Gasteiger partial charge in [-0.15, -0.1) is 11.3 Å². The normalized spacial score (nSPS) is 11.1. The highest BCUT2D eigenvalue weighted by molar-refractivity contribution is 7.92. The van der Waals surface area contributed by atoms with Gasteiger partial charge in [-0.1, -0.05) is 41.9 Å². The smallest absolute Gasteiger partial charge is 0.264 e. The number of rotatable bonds is 7. The van der Waals surface area contributed by atoms with Crippen LogP contribution in [-0.2, 0) is 10.0 Å². The molecule has 7 nitrogen and oxygen atoms in total. The first-order valence-corrected chi connectivity index (χ1v) is 12.7. The fourth-order valence-corrected chi connectivity index (χ4v) is 5.39. The number of nitrogens with zero attached hydrogens (tertiary/aromatic N) is 2. The van der Waals surface area contributed by atoms with Gasteiger partial charge in [0.1, 0.15) is 5.75 Å². The quantitative estimate of drug-likeness (QED) is 0.350. The molecule has 0 unspecified atom stereocenters. The molecule has 0 fully saturated rings. The summed E-state index contributed by atoms with van der Waals surface area (Å²) >= 11 is 7.49. The minimum Gasteiger partial charge on any atom is -0.495 e. The van der Waals surface area contributed by atoms with Gasteiger partial charge in [0.2, 0.25) is 0 Å². The molecule has 0 atom stereocenters. The van der Waals surface area contributed by atoms with E-state index in [0.717, 1.165) is 9.87 Å². The summed E-state index contributed by atoms with van der Waals surface area (Å²) in [5.41, 5.74) is 2.14. The standard InChI is InChI=1S/C24H20ClN3O4S2/c1-28(21-9-5-6-10-22(21)32-2)34(30,31)17-13-11-16(12-14-17)23(29)27-24-26-20(15-33-24)18-7-3-4-8-19(18)25/h3-15H,1-2H3,(H,26,27,29). The van der Waals surface area contributed by atoms with Gasteiger partial charge in [-0.05, 0) is 42.5 Å². The predicted octanol–water partition coefficient (Wildman–Crippen LogP) is 5.55. The Morgan fingerprint density at radius 1 is 1.03 bits per heavy atom. The number of carbonyl (C=O) groups excluding carboxylic acids is 1. The summed E-state index contributed by atoms with van der Waals surface area (Å²) in [5, 5.41) is 5.52. The van der Waals surface area contributed by atoms with Crippen molar-refractivity contribution in [2.45, 2.75) is 4.90 Å². The SMILES string of the molecule is COc1ccccc1N(C)S(=O)(=O)c1ccc(C(=O)Nc2nc(-c3ccccc3Cl)cs2)cc1. The lowest BCUT2D eigenvalue weighted by atomic mass is 10.2. The van der Waals surface area contributed by atoms with Crippen molar-refractivity contribution in [2.75, 3.05) is 23.8 Å². The van der Waals surface area contributed by atoms with Crippen LogP contribution >= 0.6 is 22.9 Å². The maximum atomic E-state index is 13.1. The Hall–Kier alpha value is -3.40. The number of amides is 1. The van der Waals surface area contributed by atoms with Crippen molar-refractivity contribution < 1.29 is 17.9 Å². The van der Waals surface area contributed by atoms with Gasteiger partial charge >= 0.3 is 0 Å². The molecule has 1 N–H and O–H groups in total. The molecule has 4 aromatic rings. The second-order valence-corrected chi connectivity index (χ2v) is 10.4. The highest BCUT2D eigenvalue weighted by atomic mass is 35.5. The molecule has 0 bridgehead atoms. The Kier molecular flexibility index (Phi) is 6.87. The van der Waals surface area contributed by atoms with Crippen LogP contribution in [0.2, 0.25) is 5.02 Å². The van der Waals surface area contributed by atoms with Crippen LogP contribution in [0.5, 0.6) is 5.75 Å². The highest BCUT2D eigenvalue weighted by Gasteiger charge is 2.24. The van der Waals surface area contributed by atoms with Crippen molar-refractivity contribution in [3.8, 4) is 17.0 Å². The first kappa shape index (κ1) is 23.7. The third-order valence-corrected chi connectivity index (χ3v) is 7.95. The number of sulfonamides is 1. The molecule has 1 aromatic heterocycles. The van der Waals surface area contributed by atoms with Gasteiger partial charge in [0.05, 0.1) is 23.4 Å². The summed E-state index contributed by atoms with van der Waals surface area (Å²) in [4.78, 5) is 17.2. The molecule has 0 spiro atoms. The molecule has 1 amide bonds. The number of aromatic nitrogens is 1. The van der Waals surface area contributed by atoms with Crippen molar-refractivity contribution in [1.82, 2.24) is 4.98 Å². The van der Waals surface area contributed by atoms with Gasteiger partial charge in [0.25, 0.3) is 15.9 Å². The van der Waals surface area contributed by atoms with Crippen molar-refractivity contribution in [3.05, 3.63) is 88.8 Å². The zero-order valence-corrected chi connectivity index (χ0v) is 20.6. The summed E-state index contributed by atoms with van der Waals surface area (Å²) in [5.74, 6) is 0.0336. The minimum atomic E-state index is -3.86. The lowest BCUT2D eigenvalue weighted by Gasteiger charge is -2.21. The zero-order valence-electron chi connectivity index (χ0n) is 18.2. The fraction of sp³-hybridized carbons (Fsp3) is 0.0833. The maximum Gasteiger partial charge on any atom is 0.264 e. The highest BCUT2D eigenvalue weighted by Crippen LogP contribution is 2.32. The maximum absolute atomic E-state index is 13.1. The average Bonchev–Trinajstić information content (AvgIpc) is 3.32. The molecule has 0 radical (unpaired) electrons. The molecule has 0 saturated heterocycles. The van der Waals surface area contributed by atoms with Gasteiger partial charge in [-0.25, -0.2) is 13.4 Å². The summed E-state index contributed by atoms with van der Waals surface area (Å²) in [6.07, 6.45) is 0. The van der Waals surface area contributed by atoms with Crippen molar-refractivity contribution in [3.63, 3.8) is 0 Å². The van der Waals surface area contributed by atoms with E-state index in [0.29, 0.717) is 32.8 Å². The van der Waals surface area contributed by atoms with Crippen LogP contribution < -0.4 is 14.4 Å². The molecule has 1 heterocycles. The third kappa shape index (κ3) is 4.77. The lowest BCUT2D eigenvalue weighted by molar-refractivity contribution is 0.102. The van der Waals surface area contributed by atoms with Gasteiger partial charge < -0.3 is 4.74 Å². The zero-order chi connectivity index (χ0) is 24.3. The van der Waals surface area contributed by atoms with E-state index >= 15 is 0 Å². The number of ether oxygens (including phenoxy) is 1. The molecule has 0 saturated carbocycles. The van der Waals surface area contributed by atoms with Crippen LogP contribution in [0.4, 0.5) is 10.8 Å². The molecule has 0 aliphatic rings. The number of nitrogens with one attached hydrogen (secondary N) is 1. The van der Waals surface area contributed by atoms with Crippen LogP contribution in [0.25, 0.3) is 11.3 Å². The van der Waals surface area contributed by atoms with E-state index in [4.69, 9.17) is 16.3 Å². The van der Waals surface area contributed by atoms with Crippen molar-refractivity contribution in [1.29, 1.82) is 0 Å². The molecule has 3 aromatic carbocycles. The topological polar surface area (TPSA) is 88.6 Å². The number of hydrogen-bond donors (Lipinski definition) is 1. The Morgan fingerprint density at radius 2 is 1.71 bits per heavy atom. The largest absolute Gasteiger partial charge is 0.495 e. The molecular formula is C24H20ClN3O4S2. The summed E-state index contributed by atoms with van der Waals surface area (Å²) in [6, 6.07) is 19.9. The molecule has 10 heteroatoms. The lowest BCUT2D eigenvalue weighted by Crippen LogP contribution is -2.27. The number of carbonyl (C=O) groups is 1. The summed E-state index contributed by atoms with van der Waals surface area (Å²) in [7, 11) is -0.929. The van der Waals surface area contributed by atoms with Gasteiger partial charge in [-0.3, -0.25) is 14.4 Å². The molecule has 34 heavy (non-hydrogen) atoms. The number of benzene rings is 3. The van der Waals surface area contributed by atoms with E-state index in [9.17, 15) is 13.2 Å². The van der Waals surface area contributed by atoms with E-state index in [2.05, 4.69) is 10.3 Å². The monoisotopic (exact) mass is 513 g/mol. The summed E-state index contributed by atoms with van der Waals surface area (Å²) in [6.45, 7) is 0. The first-order chi connectivity index (χ1) is 16.3. The van der Waals surface area contributed by atoms with Crippen molar-refractivity contribution >= 4 is 49.7 Å². The second kappa shape index (κ2) is 9.84. The van der Waals surface area contributed by atoms with Crippen LogP contribution in [0.1, 0.15) is 10.4 Å². The Balaban J connectivity index is 1.50. The number of anilines is 2. The Bertz CT molecular complexity index is 1440. The van der Waals surface area contributed by atoms with Crippen LogP contribution in [0.15, 0.2) is 83.1 Å². The average molecular weight is 514 g/mol. The molecule has 0 aliphatic carbocycles. The number of hydrogen-bond acceptors (Lipinski definition) is 6.